The van der Waals surface area contributed by atoms with Gasteiger partial charge in [0.15, 0.2) is 0 Å². The summed E-state index contributed by atoms with van der Waals surface area (Å²) in [5, 5.41) is 23.3. The molecule has 0 aromatic heterocycles. The summed E-state index contributed by atoms with van der Waals surface area (Å²) in [5.74, 6) is -0.125. The van der Waals surface area contributed by atoms with Crippen LogP contribution in [-0.2, 0) is 14.3 Å². The Kier molecular flexibility index (Phi) is 51.0. The average molecular weight is 876 g/mol. The highest BCUT2D eigenvalue weighted by atomic mass is 16.5. The molecule has 0 aromatic carbocycles. The van der Waals surface area contributed by atoms with Crippen LogP contribution in [0.3, 0.4) is 0 Å². The van der Waals surface area contributed by atoms with Crippen LogP contribution in [0.5, 0.6) is 0 Å². The molecule has 368 valence electrons. The standard InChI is InChI=1S/C56H109NO5/c1-3-5-7-9-11-13-15-17-18-19-20-21-22-23-24-25-26-28-29-32-36-40-44-48-54(59)53(52-58)57-55(60)49-45-41-37-33-31-35-39-43-47-51-62-56(61)50-46-42-38-34-30-27-16-14-12-10-8-6-4-2/h33,37,53-54,58-59H,3-32,34-36,38-52H2,1-2H3,(H,57,60)/b37-33-. The van der Waals surface area contributed by atoms with Gasteiger partial charge < -0.3 is 20.3 Å². The zero-order valence-corrected chi connectivity index (χ0v) is 41.9. The monoisotopic (exact) mass is 876 g/mol. The summed E-state index contributed by atoms with van der Waals surface area (Å²) >= 11 is 0. The summed E-state index contributed by atoms with van der Waals surface area (Å²) in [6, 6.07) is -0.578. The van der Waals surface area contributed by atoms with Crippen LogP contribution in [0.4, 0.5) is 0 Å². The van der Waals surface area contributed by atoms with E-state index in [1.54, 1.807) is 0 Å². The molecular formula is C56H109NO5. The minimum absolute atomic E-state index is 0.0331. The number of carbonyl (C=O) groups excluding carboxylic acids is 2. The third kappa shape index (κ3) is 48.1. The lowest BCUT2D eigenvalue weighted by Crippen LogP contribution is -2.45. The molecule has 0 heterocycles. The zero-order chi connectivity index (χ0) is 45.1. The Balaban J connectivity index is 3.51. The number of aliphatic hydroxyl groups is 2. The SMILES string of the molecule is CCCCCCCCCCCCCCCCCCCCCCCCCC(O)C(CO)NC(=O)CCC/C=C\CCCCCCOC(=O)CCCCCCCCCCCCCCC. The molecule has 2 unspecified atom stereocenters. The van der Waals surface area contributed by atoms with Crippen molar-refractivity contribution in [3.63, 3.8) is 0 Å². The number of hydrogen-bond acceptors (Lipinski definition) is 5. The van der Waals surface area contributed by atoms with Gasteiger partial charge in [0.25, 0.3) is 0 Å². The number of unbranched alkanes of at least 4 members (excludes halogenated alkanes) is 39. The van der Waals surface area contributed by atoms with Gasteiger partial charge in [-0.15, -0.1) is 0 Å². The molecule has 6 nitrogen and oxygen atoms in total. The van der Waals surface area contributed by atoms with Crippen molar-refractivity contribution in [2.24, 2.45) is 0 Å². The van der Waals surface area contributed by atoms with Gasteiger partial charge in [-0.05, 0) is 44.9 Å². The van der Waals surface area contributed by atoms with Gasteiger partial charge >= 0.3 is 5.97 Å². The number of hydrogen-bond donors (Lipinski definition) is 3. The average Bonchev–Trinajstić information content (AvgIpc) is 3.27. The molecule has 2 atom stereocenters. The zero-order valence-electron chi connectivity index (χ0n) is 41.9. The summed E-state index contributed by atoms with van der Waals surface area (Å²) in [5.41, 5.74) is 0. The molecule has 0 spiro atoms. The Morgan fingerprint density at radius 1 is 0.435 bits per heavy atom. The van der Waals surface area contributed by atoms with E-state index in [1.165, 1.54) is 205 Å². The molecule has 0 saturated heterocycles. The van der Waals surface area contributed by atoms with E-state index in [4.69, 9.17) is 4.74 Å². The van der Waals surface area contributed by atoms with Crippen LogP contribution in [0.25, 0.3) is 0 Å². The van der Waals surface area contributed by atoms with Crippen molar-refractivity contribution in [1.29, 1.82) is 0 Å². The van der Waals surface area contributed by atoms with Crippen LogP contribution in [-0.4, -0.2) is 47.4 Å². The van der Waals surface area contributed by atoms with E-state index >= 15 is 0 Å². The fourth-order valence-electron chi connectivity index (χ4n) is 8.76. The van der Waals surface area contributed by atoms with Gasteiger partial charge in [-0.3, -0.25) is 9.59 Å². The maximum Gasteiger partial charge on any atom is 0.305 e. The van der Waals surface area contributed by atoms with Crippen molar-refractivity contribution in [2.45, 2.75) is 321 Å². The second-order valence-corrected chi connectivity index (χ2v) is 19.3. The number of allylic oxidation sites excluding steroid dienone is 2. The fourth-order valence-corrected chi connectivity index (χ4v) is 8.76. The lowest BCUT2D eigenvalue weighted by molar-refractivity contribution is -0.143. The normalized spacial score (nSPS) is 12.6. The molecule has 62 heavy (non-hydrogen) atoms. The molecule has 0 saturated carbocycles. The highest BCUT2D eigenvalue weighted by Gasteiger charge is 2.20. The fraction of sp³-hybridized carbons (Fsp3) is 0.929. The van der Waals surface area contributed by atoms with Crippen molar-refractivity contribution in [2.75, 3.05) is 13.2 Å². The van der Waals surface area contributed by atoms with Crippen LogP contribution in [0.1, 0.15) is 309 Å². The summed E-state index contributed by atoms with van der Waals surface area (Å²) in [6.07, 6.45) is 60.6. The summed E-state index contributed by atoms with van der Waals surface area (Å²) in [4.78, 5) is 24.5. The van der Waals surface area contributed by atoms with Crippen LogP contribution in [0, 0.1) is 0 Å². The largest absolute Gasteiger partial charge is 0.466 e. The van der Waals surface area contributed by atoms with Gasteiger partial charge in [-0.25, -0.2) is 0 Å². The molecule has 0 radical (unpaired) electrons. The number of amides is 1. The Labute approximate surface area is 387 Å². The minimum Gasteiger partial charge on any atom is -0.466 e. The molecule has 0 aliphatic rings. The van der Waals surface area contributed by atoms with Crippen LogP contribution >= 0.6 is 0 Å². The Morgan fingerprint density at radius 3 is 1.18 bits per heavy atom. The predicted molar refractivity (Wildman–Crippen MR) is 269 cm³/mol. The van der Waals surface area contributed by atoms with Gasteiger partial charge in [0, 0.05) is 12.8 Å². The number of ether oxygens (including phenoxy) is 1. The van der Waals surface area contributed by atoms with Gasteiger partial charge in [0.1, 0.15) is 0 Å². The molecule has 0 fully saturated rings. The lowest BCUT2D eigenvalue weighted by Gasteiger charge is -2.22. The first-order valence-electron chi connectivity index (χ1n) is 27.9. The number of nitrogens with one attached hydrogen (secondary N) is 1. The third-order valence-electron chi connectivity index (χ3n) is 13.1. The van der Waals surface area contributed by atoms with Crippen LogP contribution in [0.15, 0.2) is 12.2 Å². The van der Waals surface area contributed by atoms with Crippen molar-refractivity contribution < 1.29 is 24.5 Å². The summed E-state index contributed by atoms with van der Waals surface area (Å²) in [6.45, 7) is 4.88. The van der Waals surface area contributed by atoms with E-state index in [0.717, 1.165) is 70.6 Å². The second kappa shape index (κ2) is 52.2. The van der Waals surface area contributed by atoms with Gasteiger partial charge in [0.05, 0.1) is 25.4 Å². The quantitative estimate of drug-likeness (QED) is 0.0321. The topological polar surface area (TPSA) is 95.9 Å². The third-order valence-corrected chi connectivity index (χ3v) is 13.1. The number of carbonyl (C=O) groups is 2. The van der Waals surface area contributed by atoms with Crippen LogP contribution in [0.2, 0.25) is 0 Å². The maximum atomic E-state index is 12.5. The molecule has 0 aliphatic heterocycles. The molecule has 1 amide bonds. The predicted octanol–water partition coefficient (Wildman–Crippen LogP) is 16.9. The van der Waals surface area contributed by atoms with E-state index in [1.807, 2.05) is 0 Å². The Hall–Kier alpha value is -1.40. The van der Waals surface area contributed by atoms with E-state index in [9.17, 15) is 19.8 Å². The first kappa shape index (κ1) is 60.6. The molecule has 0 aromatic rings. The minimum atomic E-state index is -0.695. The first-order chi connectivity index (χ1) is 30.5. The van der Waals surface area contributed by atoms with Gasteiger partial charge in [-0.1, -0.05) is 264 Å². The smallest absolute Gasteiger partial charge is 0.305 e. The van der Waals surface area contributed by atoms with E-state index in [0.29, 0.717) is 25.9 Å². The van der Waals surface area contributed by atoms with E-state index in [-0.39, 0.29) is 18.5 Å². The molecule has 0 rings (SSSR count). The number of aliphatic hydroxyl groups excluding tert-OH is 2. The number of rotatable bonds is 52. The van der Waals surface area contributed by atoms with E-state index < -0.39 is 12.1 Å². The maximum absolute atomic E-state index is 12.5. The van der Waals surface area contributed by atoms with Crippen molar-refractivity contribution >= 4 is 11.9 Å². The summed E-state index contributed by atoms with van der Waals surface area (Å²) in [7, 11) is 0. The van der Waals surface area contributed by atoms with Gasteiger partial charge in [0.2, 0.25) is 5.91 Å². The van der Waals surface area contributed by atoms with E-state index in [2.05, 4.69) is 31.3 Å². The number of esters is 1. The molecule has 6 heteroatoms. The van der Waals surface area contributed by atoms with Crippen LogP contribution < -0.4 is 5.32 Å². The lowest BCUT2D eigenvalue weighted by atomic mass is 10.0. The van der Waals surface area contributed by atoms with Crippen molar-refractivity contribution in [3.8, 4) is 0 Å². The van der Waals surface area contributed by atoms with Crippen molar-refractivity contribution in [1.82, 2.24) is 5.32 Å². The Bertz CT molecular complexity index is 924. The highest BCUT2D eigenvalue weighted by molar-refractivity contribution is 5.76. The molecular weight excluding hydrogens is 767 g/mol. The Morgan fingerprint density at radius 2 is 0.774 bits per heavy atom. The molecule has 0 aliphatic carbocycles. The molecule has 0 bridgehead atoms. The second-order valence-electron chi connectivity index (χ2n) is 19.3. The summed E-state index contributed by atoms with van der Waals surface area (Å²) < 4.78 is 5.44. The van der Waals surface area contributed by atoms with Gasteiger partial charge in [-0.2, -0.15) is 0 Å². The van der Waals surface area contributed by atoms with Crippen molar-refractivity contribution in [3.05, 3.63) is 12.2 Å². The highest BCUT2D eigenvalue weighted by Crippen LogP contribution is 2.17. The molecule has 3 N–H and O–H groups in total. The first-order valence-corrected chi connectivity index (χ1v) is 27.9.